The maximum atomic E-state index is 11.1. The predicted octanol–water partition coefficient (Wildman–Crippen LogP) is 3.09. The molecule has 14 heavy (non-hydrogen) atoms. The molecule has 72 valence electrons. The molecule has 0 heterocycles. The Morgan fingerprint density at radius 2 is 2.07 bits per heavy atom. The van der Waals surface area contributed by atoms with Crippen molar-refractivity contribution in [2.45, 2.75) is 20.3 Å². The Balaban J connectivity index is 2.55. The number of aryl methyl sites for hydroxylation is 1. The first-order valence-corrected chi connectivity index (χ1v) is 4.97. The SMILES string of the molecule is CC1=C(C(=O)Cl)Cc2ccc(C)cc21. The van der Waals surface area contributed by atoms with Crippen molar-refractivity contribution in [1.82, 2.24) is 0 Å². The molecule has 0 bridgehead atoms. The van der Waals surface area contributed by atoms with Crippen LogP contribution < -0.4 is 0 Å². The molecule has 2 rings (SSSR count). The van der Waals surface area contributed by atoms with Crippen LogP contribution in [0.1, 0.15) is 23.6 Å². The average Bonchev–Trinajstić information content (AvgIpc) is 2.44. The summed E-state index contributed by atoms with van der Waals surface area (Å²) < 4.78 is 0. The Hall–Kier alpha value is -1.08. The Bertz CT molecular complexity index is 444. The fourth-order valence-corrected chi connectivity index (χ4v) is 2.10. The van der Waals surface area contributed by atoms with E-state index in [4.69, 9.17) is 11.6 Å². The van der Waals surface area contributed by atoms with Gasteiger partial charge in [-0.1, -0.05) is 23.8 Å². The monoisotopic (exact) mass is 206 g/mol. The smallest absolute Gasteiger partial charge is 0.248 e. The third-order valence-electron chi connectivity index (χ3n) is 2.73. The minimum absolute atomic E-state index is 0.323. The highest BCUT2D eigenvalue weighted by Crippen LogP contribution is 2.33. The van der Waals surface area contributed by atoms with Gasteiger partial charge in [0, 0.05) is 12.0 Å². The fraction of sp³-hybridized carbons (Fsp3) is 0.250. The summed E-state index contributed by atoms with van der Waals surface area (Å²) in [7, 11) is 0. The molecule has 1 aromatic rings. The van der Waals surface area contributed by atoms with Gasteiger partial charge in [0.2, 0.25) is 5.24 Å². The molecule has 0 N–H and O–H groups in total. The first-order chi connectivity index (χ1) is 6.59. The van der Waals surface area contributed by atoms with Gasteiger partial charge < -0.3 is 0 Å². The van der Waals surface area contributed by atoms with E-state index in [0.717, 1.165) is 11.1 Å². The molecule has 1 nitrogen and oxygen atoms in total. The van der Waals surface area contributed by atoms with E-state index in [-0.39, 0.29) is 5.24 Å². The van der Waals surface area contributed by atoms with Gasteiger partial charge in [0.1, 0.15) is 0 Å². The number of halogens is 1. The second-order valence-electron chi connectivity index (χ2n) is 3.71. The largest absolute Gasteiger partial charge is 0.276 e. The third-order valence-corrected chi connectivity index (χ3v) is 2.95. The summed E-state index contributed by atoms with van der Waals surface area (Å²) in [6.45, 7) is 4.01. The van der Waals surface area contributed by atoms with Gasteiger partial charge in [0.25, 0.3) is 0 Å². The lowest BCUT2D eigenvalue weighted by Crippen LogP contribution is -1.93. The number of carbonyl (C=O) groups is 1. The van der Waals surface area contributed by atoms with Crippen LogP contribution in [0.2, 0.25) is 0 Å². The second kappa shape index (κ2) is 3.25. The van der Waals surface area contributed by atoms with Crippen LogP contribution in [0, 0.1) is 6.92 Å². The first-order valence-electron chi connectivity index (χ1n) is 4.59. The second-order valence-corrected chi connectivity index (χ2v) is 4.06. The molecule has 0 aliphatic heterocycles. The molecule has 0 spiro atoms. The fourth-order valence-electron chi connectivity index (χ4n) is 1.90. The van der Waals surface area contributed by atoms with Crippen LogP contribution >= 0.6 is 11.6 Å². The highest BCUT2D eigenvalue weighted by molar-refractivity contribution is 6.68. The van der Waals surface area contributed by atoms with Crippen molar-refractivity contribution in [3.8, 4) is 0 Å². The van der Waals surface area contributed by atoms with Crippen molar-refractivity contribution in [1.29, 1.82) is 0 Å². The standard InChI is InChI=1S/C12H11ClO/c1-7-3-4-9-6-11(12(13)14)8(2)10(9)5-7/h3-5H,6H2,1-2H3. The van der Waals surface area contributed by atoms with Crippen molar-refractivity contribution < 1.29 is 4.79 Å². The lowest BCUT2D eigenvalue weighted by Gasteiger charge is -2.01. The van der Waals surface area contributed by atoms with Crippen LogP contribution in [0.25, 0.3) is 5.57 Å². The summed E-state index contributed by atoms with van der Waals surface area (Å²) in [6, 6.07) is 6.24. The van der Waals surface area contributed by atoms with Crippen LogP contribution in [0.4, 0.5) is 0 Å². The van der Waals surface area contributed by atoms with E-state index in [1.165, 1.54) is 16.7 Å². The molecule has 0 saturated carbocycles. The molecule has 0 aromatic heterocycles. The van der Waals surface area contributed by atoms with Gasteiger partial charge in [0.05, 0.1) is 0 Å². The van der Waals surface area contributed by atoms with Crippen molar-refractivity contribution in [2.24, 2.45) is 0 Å². The van der Waals surface area contributed by atoms with Crippen LogP contribution in [-0.4, -0.2) is 5.24 Å². The van der Waals surface area contributed by atoms with Gasteiger partial charge in [0.15, 0.2) is 0 Å². The molecule has 1 aliphatic rings. The first kappa shape index (κ1) is 9.47. The molecule has 0 saturated heterocycles. The van der Waals surface area contributed by atoms with E-state index in [1.807, 2.05) is 13.8 Å². The molecule has 2 heteroatoms. The average molecular weight is 207 g/mol. The van der Waals surface area contributed by atoms with Crippen molar-refractivity contribution in [3.05, 3.63) is 40.5 Å². The summed E-state index contributed by atoms with van der Waals surface area (Å²) in [4.78, 5) is 11.1. The Morgan fingerprint density at radius 1 is 1.36 bits per heavy atom. The zero-order valence-corrected chi connectivity index (χ0v) is 8.98. The van der Waals surface area contributed by atoms with Crippen LogP contribution in [-0.2, 0) is 11.2 Å². The van der Waals surface area contributed by atoms with E-state index in [1.54, 1.807) is 0 Å². The van der Waals surface area contributed by atoms with Gasteiger partial charge in [-0.3, -0.25) is 4.79 Å². The maximum Gasteiger partial charge on any atom is 0.248 e. The van der Waals surface area contributed by atoms with Crippen LogP contribution in [0.5, 0.6) is 0 Å². The van der Waals surface area contributed by atoms with Crippen molar-refractivity contribution in [2.75, 3.05) is 0 Å². The normalized spacial score (nSPS) is 14.5. The van der Waals surface area contributed by atoms with Gasteiger partial charge in [-0.15, -0.1) is 0 Å². The van der Waals surface area contributed by atoms with E-state index in [2.05, 4.69) is 18.2 Å². The lowest BCUT2D eigenvalue weighted by atomic mass is 10.0. The van der Waals surface area contributed by atoms with E-state index >= 15 is 0 Å². The number of fused-ring (bicyclic) bond motifs is 1. The topological polar surface area (TPSA) is 17.1 Å². The molecule has 0 radical (unpaired) electrons. The molecular weight excluding hydrogens is 196 g/mol. The summed E-state index contributed by atoms with van der Waals surface area (Å²) in [5.74, 6) is 0. The molecule has 0 fully saturated rings. The summed E-state index contributed by atoms with van der Waals surface area (Å²) in [6.07, 6.45) is 0.684. The number of hydrogen-bond acceptors (Lipinski definition) is 1. The van der Waals surface area contributed by atoms with Gasteiger partial charge in [-0.25, -0.2) is 0 Å². The number of allylic oxidation sites excluding steroid dienone is 2. The highest BCUT2D eigenvalue weighted by Gasteiger charge is 2.21. The molecule has 1 aromatic carbocycles. The summed E-state index contributed by atoms with van der Waals surface area (Å²) >= 11 is 5.51. The Labute approximate surface area is 88.4 Å². The predicted molar refractivity (Wildman–Crippen MR) is 58.3 cm³/mol. The minimum Gasteiger partial charge on any atom is -0.276 e. The zero-order chi connectivity index (χ0) is 10.3. The van der Waals surface area contributed by atoms with Crippen molar-refractivity contribution >= 4 is 22.4 Å². The quantitative estimate of drug-likeness (QED) is 0.646. The van der Waals surface area contributed by atoms with Crippen LogP contribution in [0.3, 0.4) is 0 Å². The number of rotatable bonds is 1. The van der Waals surface area contributed by atoms with Crippen LogP contribution in [0.15, 0.2) is 23.8 Å². The zero-order valence-electron chi connectivity index (χ0n) is 8.23. The van der Waals surface area contributed by atoms with E-state index in [0.29, 0.717) is 6.42 Å². The lowest BCUT2D eigenvalue weighted by molar-refractivity contribution is -0.108. The third kappa shape index (κ3) is 1.38. The summed E-state index contributed by atoms with van der Waals surface area (Å²) in [5, 5.41) is -0.323. The molecule has 0 amide bonds. The van der Waals surface area contributed by atoms with Gasteiger partial charge >= 0.3 is 0 Å². The van der Waals surface area contributed by atoms with Gasteiger partial charge in [-0.05, 0) is 42.1 Å². The van der Waals surface area contributed by atoms with Gasteiger partial charge in [-0.2, -0.15) is 0 Å². The Morgan fingerprint density at radius 3 is 2.71 bits per heavy atom. The minimum atomic E-state index is -0.323. The maximum absolute atomic E-state index is 11.1. The highest BCUT2D eigenvalue weighted by atomic mass is 35.5. The number of benzene rings is 1. The molecule has 0 atom stereocenters. The van der Waals surface area contributed by atoms with Crippen molar-refractivity contribution in [3.63, 3.8) is 0 Å². The number of hydrogen-bond donors (Lipinski definition) is 0. The number of carbonyl (C=O) groups excluding carboxylic acids is 1. The Kier molecular flexibility index (Phi) is 2.20. The molecule has 0 unspecified atom stereocenters. The molecule has 1 aliphatic carbocycles. The van der Waals surface area contributed by atoms with E-state index < -0.39 is 0 Å². The van der Waals surface area contributed by atoms with E-state index in [9.17, 15) is 4.79 Å². The molecular formula is C12H11ClO. The summed E-state index contributed by atoms with van der Waals surface area (Å²) in [5.41, 5.74) is 5.37.